The maximum atomic E-state index is 9.34. The monoisotopic (exact) mass is 540 g/mol. The number of phenols is 1. The van der Waals surface area contributed by atoms with E-state index < -0.39 is 0 Å². The lowest BCUT2D eigenvalue weighted by atomic mass is 10.2. The number of hydrogen-bond donors (Lipinski definition) is 6. The summed E-state index contributed by atoms with van der Waals surface area (Å²) in [5.74, 6) is 1.64. The van der Waals surface area contributed by atoms with Crippen molar-refractivity contribution in [2.45, 2.75) is 13.8 Å². The van der Waals surface area contributed by atoms with Crippen molar-refractivity contribution in [3.63, 3.8) is 0 Å². The minimum absolute atomic E-state index is 0.250. The van der Waals surface area contributed by atoms with Crippen LogP contribution in [-0.2, 0) is 4.79 Å². The largest absolute Gasteiger partial charge is 0.508 e. The Bertz CT molecular complexity index is 1260. The number of carbonyl (C=O) groups is 1. The fourth-order valence-corrected chi connectivity index (χ4v) is 3.03. The van der Waals surface area contributed by atoms with Crippen LogP contribution in [0.4, 0.5) is 23.0 Å². The van der Waals surface area contributed by atoms with Gasteiger partial charge >= 0.3 is 0 Å². The van der Waals surface area contributed by atoms with Crippen LogP contribution in [0.3, 0.4) is 0 Å². The Hall–Kier alpha value is -3.92. The van der Waals surface area contributed by atoms with Crippen LogP contribution in [0.1, 0.15) is 12.5 Å². The van der Waals surface area contributed by atoms with Gasteiger partial charge in [-0.15, -0.1) is 0 Å². The van der Waals surface area contributed by atoms with Crippen molar-refractivity contribution in [2.24, 2.45) is 0 Å². The normalized spacial score (nSPS) is 9.45. The lowest BCUT2D eigenvalue weighted by Crippen LogP contribution is -2.07. The first-order valence-corrected chi connectivity index (χ1v) is 12.3. The number of aryl methyl sites for hydroxylation is 1. The number of aliphatic hydroxyl groups excluding tert-OH is 1. The van der Waals surface area contributed by atoms with E-state index in [1.807, 2.05) is 69.6 Å². The first kappa shape index (κ1) is 32.1. The summed E-state index contributed by atoms with van der Waals surface area (Å²) in [6.07, 6.45) is 0.819. The Morgan fingerprint density at radius 2 is 1.53 bits per heavy atom. The molecule has 0 spiro atoms. The molecule has 0 aliphatic rings. The standard InChI is InChI=1S/C16H15ClN4.C7H9NO.C3H7NO.C2H6O/c1-10-7-8-11(17)14(9-10)21-16-15(18-2)19-12-5-3-4-6-13(12)20-16;1-8-6-3-2-4-7(9)5-6;1-4-2-3-5;1-2-3/h3-9H,1-2H3,(H,18,19)(H,20,21);2-5,8-9H,1H3;3-4H,2H2,1H3;3H,2H2,1H3. The molecule has 0 amide bonds. The van der Waals surface area contributed by atoms with Gasteiger partial charge in [-0.1, -0.05) is 35.9 Å². The molecule has 204 valence electrons. The van der Waals surface area contributed by atoms with Gasteiger partial charge in [-0.2, -0.15) is 0 Å². The maximum absolute atomic E-state index is 9.34. The molecule has 0 aliphatic carbocycles. The number of hydrogen-bond acceptors (Lipinski definition) is 9. The quantitative estimate of drug-likeness (QED) is 0.182. The zero-order chi connectivity index (χ0) is 28.3. The smallest absolute Gasteiger partial charge is 0.174 e. The van der Waals surface area contributed by atoms with Gasteiger partial charge in [0.05, 0.1) is 28.3 Å². The lowest BCUT2D eigenvalue weighted by molar-refractivity contribution is -0.107. The van der Waals surface area contributed by atoms with Crippen molar-refractivity contribution in [3.05, 3.63) is 77.3 Å². The summed E-state index contributed by atoms with van der Waals surface area (Å²) in [7, 11) is 5.37. The molecule has 6 N–H and O–H groups in total. The van der Waals surface area contributed by atoms with Crippen molar-refractivity contribution in [2.75, 3.05) is 50.2 Å². The third-order valence-corrected chi connectivity index (χ3v) is 4.93. The van der Waals surface area contributed by atoms with Crippen LogP contribution < -0.4 is 21.3 Å². The molecule has 38 heavy (non-hydrogen) atoms. The highest BCUT2D eigenvalue weighted by atomic mass is 35.5. The Labute approximate surface area is 229 Å². The van der Waals surface area contributed by atoms with Gasteiger partial charge < -0.3 is 36.3 Å². The van der Waals surface area contributed by atoms with Crippen LogP contribution >= 0.6 is 11.6 Å². The van der Waals surface area contributed by atoms with E-state index in [2.05, 4.69) is 31.2 Å². The summed E-state index contributed by atoms with van der Waals surface area (Å²) in [5, 5.41) is 29.0. The molecule has 0 atom stereocenters. The van der Waals surface area contributed by atoms with E-state index in [1.54, 1.807) is 32.2 Å². The summed E-state index contributed by atoms with van der Waals surface area (Å²) in [6.45, 7) is 4.41. The number of phenolic OH excluding ortho intramolecular Hbond substituents is 1. The molecule has 0 unspecified atom stereocenters. The average molecular weight is 541 g/mol. The summed E-state index contributed by atoms with van der Waals surface area (Å²) in [4.78, 5) is 18.5. The number of benzene rings is 3. The summed E-state index contributed by atoms with van der Waals surface area (Å²) in [6, 6.07) is 20.6. The van der Waals surface area contributed by atoms with Crippen molar-refractivity contribution in [3.8, 4) is 5.75 Å². The molecule has 0 saturated heterocycles. The second-order valence-corrected chi connectivity index (χ2v) is 8.02. The Balaban J connectivity index is 0.000000350. The SMILES string of the molecule is CCO.CNCC=O.CNc1cccc(O)c1.CNc1nc2ccccc2nc1Nc1cc(C)ccc1Cl. The van der Waals surface area contributed by atoms with E-state index in [1.165, 1.54) is 0 Å². The van der Waals surface area contributed by atoms with Crippen LogP contribution in [0.2, 0.25) is 5.02 Å². The van der Waals surface area contributed by atoms with Gasteiger partial charge in [0.25, 0.3) is 0 Å². The van der Waals surface area contributed by atoms with E-state index in [9.17, 15) is 4.79 Å². The topological polar surface area (TPSA) is 131 Å². The number of nitrogens with zero attached hydrogens (tertiary/aromatic N) is 2. The molecule has 9 nitrogen and oxygen atoms in total. The molecule has 4 aromatic rings. The number of para-hydroxylation sites is 2. The molecule has 0 saturated carbocycles. The number of fused-ring (bicyclic) bond motifs is 1. The summed E-state index contributed by atoms with van der Waals surface area (Å²) < 4.78 is 0. The minimum Gasteiger partial charge on any atom is -0.508 e. The number of nitrogens with one attached hydrogen (secondary N) is 4. The number of carbonyl (C=O) groups excluding carboxylic acids is 1. The van der Waals surface area contributed by atoms with Crippen LogP contribution in [0.15, 0.2) is 66.7 Å². The van der Waals surface area contributed by atoms with Crippen molar-refractivity contribution >= 4 is 51.9 Å². The highest BCUT2D eigenvalue weighted by molar-refractivity contribution is 6.33. The van der Waals surface area contributed by atoms with Gasteiger partial charge in [-0.3, -0.25) is 0 Å². The maximum Gasteiger partial charge on any atom is 0.174 e. The zero-order valence-electron chi connectivity index (χ0n) is 22.4. The summed E-state index contributed by atoms with van der Waals surface area (Å²) in [5.41, 5.74) is 4.56. The number of halogens is 1. The Kier molecular flexibility index (Phi) is 15.5. The predicted molar refractivity (Wildman–Crippen MR) is 159 cm³/mol. The molecule has 10 heteroatoms. The van der Waals surface area contributed by atoms with E-state index in [0.717, 1.165) is 34.3 Å². The third-order valence-electron chi connectivity index (χ3n) is 4.60. The molecule has 0 bridgehead atoms. The Morgan fingerprint density at radius 3 is 2.00 bits per heavy atom. The van der Waals surface area contributed by atoms with E-state index >= 15 is 0 Å². The van der Waals surface area contributed by atoms with Gasteiger partial charge in [-0.25, -0.2) is 9.97 Å². The lowest BCUT2D eigenvalue weighted by Gasteiger charge is -2.13. The fourth-order valence-electron chi connectivity index (χ4n) is 2.87. The number of likely N-dealkylation sites (N-methyl/N-ethyl adjacent to an activating group) is 1. The van der Waals surface area contributed by atoms with Crippen LogP contribution in [-0.4, -0.2) is 60.8 Å². The van der Waals surface area contributed by atoms with Gasteiger partial charge in [0.2, 0.25) is 0 Å². The van der Waals surface area contributed by atoms with E-state index in [4.69, 9.17) is 21.8 Å². The van der Waals surface area contributed by atoms with Gasteiger partial charge in [0.15, 0.2) is 11.6 Å². The Morgan fingerprint density at radius 1 is 0.895 bits per heavy atom. The molecule has 3 aromatic carbocycles. The molecule has 1 heterocycles. The summed E-state index contributed by atoms with van der Waals surface area (Å²) >= 11 is 6.23. The first-order valence-electron chi connectivity index (χ1n) is 12.0. The highest BCUT2D eigenvalue weighted by Crippen LogP contribution is 2.29. The van der Waals surface area contributed by atoms with Crippen LogP contribution in [0.5, 0.6) is 5.75 Å². The molecule has 0 aliphatic heterocycles. The van der Waals surface area contributed by atoms with Crippen molar-refractivity contribution in [1.82, 2.24) is 15.3 Å². The number of aliphatic hydroxyl groups is 1. The second kappa shape index (κ2) is 18.3. The van der Waals surface area contributed by atoms with Gasteiger partial charge in [0, 0.05) is 32.5 Å². The molecule has 1 aromatic heterocycles. The number of aromatic nitrogens is 2. The average Bonchev–Trinajstić information content (AvgIpc) is 2.92. The number of aromatic hydroxyl groups is 1. The van der Waals surface area contributed by atoms with E-state index in [0.29, 0.717) is 29.0 Å². The predicted octanol–water partition coefficient (Wildman–Crippen LogP) is 5.21. The second-order valence-electron chi connectivity index (χ2n) is 7.61. The molecular formula is C28H37ClN6O3. The molecule has 4 rings (SSSR count). The van der Waals surface area contributed by atoms with Crippen molar-refractivity contribution in [1.29, 1.82) is 0 Å². The van der Waals surface area contributed by atoms with Crippen molar-refractivity contribution < 1.29 is 15.0 Å². The number of aldehydes is 1. The fraction of sp³-hybridized carbons (Fsp3) is 0.250. The van der Waals surface area contributed by atoms with Crippen LogP contribution in [0, 0.1) is 6.92 Å². The highest BCUT2D eigenvalue weighted by Gasteiger charge is 2.09. The zero-order valence-corrected chi connectivity index (χ0v) is 23.2. The molecule has 0 fully saturated rings. The van der Waals surface area contributed by atoms with Crippen LogP contribution in [0.25, 0.3) is 11.0 Å². The number of anilines is 4. The first-order chi connectivity index (χ1) is 18.3. The minimum atomic E-state index is 0.250. The molecule has 0 radical (unpaired) electrons. The molecular weight excluding hydrogens is 504 g/mol. The third kappa shape index (κ3) is 11.4. The van der Waals surface area contributed by atoms with Gasteiger partial charge in [0.1, 0.15) is 12.0 Å². The van der Waals surface area contributed by atoms with E-state index in [-0.39, 0.29) is 6.61 Å². The number of rotatable bonds is 6. The van der Waals surface area contributed by atoms with Gasteiger partial charge in [-0.05, 0) is 62.9 Å².